The van der Waals surface area contributed by atoms with Crippen molar-refractivity contribution in [1.82, 2.24) is 14.8 Å². The van der Waals surface area contributed by atoms with Gasteiger partial charge in [0, 0.05) is 61.0 Å². The second kappa shape index (κ2) is 9.91. The molecule has 37 heavy (non-hydrogen) atoms. The lowest BCUT2D eigenvalue weighted by atomic mass is 9.87. The molecular weight excluding hydrogens is 489 g/mol. The van der Waals surface area contributed by atoms with Gasteiger partial charge in [-0.1, -0.05) is 12.1 Å². The van der Waals surface area contributed by atoms with Crippen LogP contribution in [0.3, 0.4) is 0 Å². The number of hydrogen-bond donors (Lipinski definition) is 1. The second-order valence-electron chi connectivity index (χ2n) is 10.9. The third-order valence-electron chi connectivity index (χ3n) is 7.31. The van der Waals surface area contributed by atoms with Crippen molar-refractivity contribution in [2.45, 2.75) is 57.5 Å². The Morgan fingerprint density at radius 2 is 1.78 bits per heavy atom. The molecule has 4 nitrogen and oxygen atoms in total. The molecule has 0 bridgehead atoms. The molecule has 0 saturated carbocycles. The zero-order valence-electron chi connectivity index (χ0n) is 21.3. The molecule has 1 saturated heterocycles. The monoisotopic (exact) mass is 521 g/mol. The maximum absolute atomic E-state index is 15.7. The fourth-order valence-electron chi connectivity index (χ4n) is 5.68. The SMILES string of the molecule is C[C@@H]1Cc2c([nH]c3c(F)cccc23)[C@@H](c2c(F)cc(OC3CN(CCCF)C3)cc2F)N1CC(C)(C)F. The van der Waals surface area contributed by atoms with Gasteiger partial charge in [-0.15, -0.1) is 0 Å². The molecule has 1 aromatic heterocycles. The van der Waals surface area contributed by atoms with E-state index in [-0.39, 0.29) is 42.2 Å². The van der Waals surface area contributed by atoms with Crippen LogP contribution in [-0.2, 0) is 6.42 Å². The van der Waals surface area contributed by atoms with Crippen molar-refractivity contribution in [3.8, 4) is 5.75 Å². The number of alkyl halides is 2. The Balaban J connectivity index is 1.52. The Bertz CT molecular complexity index is 1260. The van der Waals surface area contributed by atoms with Gasteiger partial charge in [0.05, 0.1) is 18.2 Å². The summed E-state index contributed by atoms with van der Waals surface area (Å²) >= 11 is 0. The molecule has 2 aliphatic rings. The molecule has 0 unspecified atom stereocenters. The van der Waals surface area contributed by atoms with E-state index in [2.05, 4.69) is 4.98 Å². The molecule has 0 amide bonds. The van der Waals surface area contributed by atoms with Crippen molar-refractivity contribution >= 4 is 10.9 Å². The zero-order chi connectivity index (χ0) is 26.5. The highest BCUT2D eigenvalue weighted by Crippen LogP contribution is 2.44. The summed E-state index contributed by atoms with van der Waals surface area (Å²) in [5, 5.41) is 0.661. The van der Waals surface area contributed by atoms with E-state index in [0.29, 0.717) is 43.6 Å². The minimum atomic E-state index is -1.63. The summed E-state index contributed by atoms with van der Waals surface area (Å²) in [7, 11) is 0. The van der Waals surface area contributed by atoms with Crippen LogP contribution in [0.25, 0.3) is 10.9 Å². The predicted octanol–water partition coefficient (Wildman–Crippen LogP) is 6.09. The highest BCUT2D eigenvalue weighted by molar-refractivity contribution is 5.86. The highest BCUT2D eigenvalue weighted by atomic mass is 19.2. The van der Waals surface area contributed by atoms with E-state index in [1.54, 1.807) is 17.0 Å². The standard InChI is InChI=1S/C28H32F5N3O/c1-16-10-20-19-6-4-7-21(30)25(19)34-26(20)27(36(16)15-28(2,3)33)24-22(31)11-17(12-23(24)32)37-18-13-35(14-18)9-5-8-29/h4,6-7,11-12,16,18,27,34H,5,8-10,13-15H2,1-3H3/t16-,27-/m1/s1. The van der Waals surface area contributed by atoms with Crippen molar-refractivity contribution in [2.24, 2.45) is 0 Å². The van der Waals surface area contributed by atoms with E-state index in [1.807, 2.05) is 11.8 Å². The van der Waals surface area contributed by atoms with Crippen LogP contribution < -0.4 is 4.74 Å². The van der Waals surface area contributed by atoms with Crippen LogP contribution in [-0.4, -0.2) is 65.5 Å². The molecule has 2 atom stereocenters. The number of H-pyrrole nitrogens is 1. The molecule has 1 N–H and O–H groups in total. The average Bonchev–Trinajstić information content (AvgIpc) is 3.15. The van der Waals surface area contributed by atoms with Crippen molar-refractivity contribution in [2.75, 3.05) is 32.9 Å². The number of nitrogens with zero attached hydrogens (tertiary/aromatic N) is 2. The maximum atomic E-state index is 15.7. The molecule has 1 fully saturated rings. The molecule has 0 spiro atoms. The summed E-state index contributed by atoms with van der Waals surface area (Å²) in [4.78, 5) is 6.83. The minimum Gasteiger partial charge on any atom is -0.488 e. The first-order chi connectivity index (χ1) is 17.6. The van der Waals surface area contributed by atoms with E-state index in [4.69, 9.17) is 4.74 Å². The van der Waals surface area contributed by atoms with Gasteiger partial charge in [-0.25, -0.2) is 17.6 Å². The lowest BCUT2D eigenvalue weighted by Crippen LogP contribution is -2.53. The van der Waals surface area contributed by atoms with Crippen LogP contribution in [0.4, 0.5) is 22.0 Å². The first-order valence-corrected chi connectivity index (χ1v) is 12.7. The van der Waals surface area contributed by atoms with Gasteiger partial charge in [0.25, 0.3) is 0 Å². The first kappa shape index (κ1) is 26.0. The molecule has 0 aliphatic carbocycles. The lowest BCUT2D eigenvalue weighted by molar-refractivity contribution is 0.0179. The van der Waals surface area contributed by atoms with Gasteiger partial charge in [0.2, 0.25) is 0 Å². The Labute approximate surface area is 213 Å². The first-order valence-electron chi connectivity index (χ1n) is 12.7. The number of rotatable bonds is 8. The van der Waals surface area contributed by atoms with Gasteiger partial charge in [-0.05, 0) is 45.2 Å². The van der Waals surface area contributed by atoms with Gasteiger partial charge >= 0.3 is 0 Å². The maximum Gasteiger partial charge on any atom is 0.147 e. The van der Waals surface area contributed by atoms with Crippen LogP contribution in [0.5, 0.6) is 5.75 Å². The van der Waals surface area contributed by atoms with Crippen LogP contribution in [0, 0.1) is 17.5 Å². The normalized spacial score (nSPS) is 21.3. The number of nitrogens with one attached hydrogen (secondary N) is 1. The summed E-state index contributed by atoms with van der Waals surface area (Å²) in [6.45, 7) is 6.03. The summed E-state index contributed by atoms with van der Waals surface area (Å²) in [5.74, 6) is -2.01. The molecular formula is C28H32F5N3O. The fraction of sp³-hybridized carbons (Fsp3) is 0.500. The van der Waals surface area contributed by atoms with E-state index in [1.165, 1.54) is 19.9 Å². The number of aromatic nitrogens is 1. The third kappa shape index (κ3) is 5.08. The topological polar surface area (TPSA) is 31.5 Å². The quantitative estimate of drug-likeness (QED) is 0.364. The van der Waals surface area contributed by atoms with E-state index < -0.39 is 29.2 Å². The van der Waals surface area contributed by atoms with E-state index >= 15 is 8.78 Å². The Morgan fingerprint density at radius 3 is 2.43 bits per heavy atom. The number of fused-ring (bicyclic) bond motifs is 3. The Hall–Kier alpha value is -2.65. The van der Waals surface area contributed by atoms with E-state index in [0.717, 1.165) is 17.7 Å². The Kier molecular flexibility index (Phi) is 6.96. The highest BCUT2D eigenvalue weighted by Gasteiger charge is 2.41. The van der Waals surface area contributed by atoms with Crippen molar-refractivity contribution in [3.05, 3.63) is 64.6 Å². The molecule has 3 aromatic rings. The molecule has 2 aromatic carbocycles. The van der Waals surface area contributed by atoms with Gasteiger partial charge in [-0.3, -0.25) is 14.2 Å². The van der Waals surface area contributed by atoms with Gasteiger partial charge in [0.1, 0.15) is 35.0 Å². The summed E-state index contributed by atoms with van der Waals surface area (Å²) < 4.78 is 79.1. The molecule has 0 radical (unpaired) electrons. The van der Waals surface area contributed by atoms with Crippen molar-refractivity contribution in [3.63, 3.8) is 0 Å². The smallest absolute Gasteiger partial charge is 0.147 e. The molecule has 3 heterocycles. The van der Waals surface area contributed by atoms with Crippen molar-refractivity contribution in [1.29, 1.82) is 0 Å². The molecule has 2 aliphatic heterocycles. The summed E-state index contributed by atoms with van der Waals surface area (Å²) in [6.07, 6.45) is 0.693. The second-order valence-corrected chi connectivity index (χ2v) is 10.9. The van der Waals surface area contributed by atoms with Crippen LogP contribution in [0.2, 0.25) is 0 Å². The number of para-hydroxylation sites is 1. The molecule has 200 valence electrons. The predicted molar refractivity (Wildman–Crippen MR) is 133 cm³/mol. The number of halogens is 5. The van der Waals surface area contributed by atoms with Gasteiger partial charge in [-0.2, -0.15) is 0 Å². The number of benzene rings is 2. The van der Waals surface area contributed by atoms with E-state index in [9.17, 15) is 13.2 Å². The Morgan fingerprint density at radius 1 is 1.08 bits per heavy atom. The van der Waals surface area contributed by atoms with Gasteiger partial charge < -0.3 is 9.72 Å². The lowest BCUT2D eigenvalue weighted by Gasteiger charge is -2.43. The summed E-state index contributed by atoms with van der Waals surface area (Å²) in [6, 6.07) is 5.80. The van der Waals surface area contributed by atoms with Crippen LogP contribution >= 0.6 is 0 Å². The van der Waals surface area contributed by atoms with Crippen molar-refractivity contribution < 1.29 is 26.7 Å². The molecule has 9 heteroatoms. The third-order valence-corrected chi connectivity index (χ3v) is 7.31. The number of ether oxygens (including phenoxy) is 1. The number of aromatic amines is 1. The molecule has 5 rings (SSSR count). The average molecular weight is 522 g/mol. The summed E-state index contributed by atoms with van der Waals surface area (Å²) in [5.41, 5.74) is -0.336. The zero-order valence-corrected chi connectivity index (χ0v) is 21.3. The van der Waals surface area contributed by atoms with Crippen LogP contribution in [0.15, 0.2) is 30.3 Å². The number of hydrogen-bond acceptors (Lipinski definition) is 3. The largest absolute Gasteiger partial charge is 0.488 e. The van der Waals surface area contributed by atoms with Gasteiger partial charge in [0.15, 0.2) is 0 Å². The minimum absolute atomic E-state index is 0.0654. The number of likely N-dealkylation sites (tertiary alicyclic amines) is 1. The fourth-order valence-corrected chi connectivity index (χ4v) is 5.68. The van der Waals surface area contributed by atoms with Crippen LogP contribution in [0.1, 0.15) is 50.1 Å².